The van der Waals surface area contributed by atoms with Crippen LogP contribution in [0, 0.1) is 11.3 Å². The van der Waals surface area contributed by atoms with Gasteiger partial charge in [-0.1, -0.05) is 30.3 Å². The lowest BCUT2D eigenvalue weighted by molar-refractivity contribution is -0.113. The molecule has 0 atom stereocenters. The quantitative estimate of drug-likeness (QED) is 0.554. The summed E-state index contributed by atoms with van der Waals surface area (Å²) in [6.45, 7) is 2.30. The number of anilines is 1. The minimum atomic E-state index is -3.82. The van der Waals surface area contributed by atoms with E-state index in [4.69, 9.17) is 4.74 Å². The number of carbonyl (C=O) groups excluding carboxylic acids is 1. The number of hydrogen-bond donors (Lipinski definition) is 1. The van der Waals surface area contributed by atoms with E-state index in [9.17, 15) is 18.5 Å². The molecule has 0 radical (unpaired) electrons. The molecule has 4 rings (SSSR count). The van der Waals surface area contributed by atoms with Crippen LogP contribution in [0.5, 0.6) is 5.75 Å². The maximum absolute atomic E-state index is 12.6. The van der Waals surface area contributed by atoms with Gasteiger partial charge in [0.15, 0.2) is 9.84 Å². The molecule has 1 amide bonds. The van der Waals surface area contributed by atoms with Crippen LogP contribution in [0.2, 0.25) is 0 Å². The zero-order valence-corrected chi connectivity index (χ0v) is 19.7. The molecule has 9 heteroatoms. The topological polar surface area (TPSA) is 99.5 Å². The molecule has 0 fully saturated rings. The molecule has 0 saturated heterocycles. The van der Waals surface area contributed by atoms with Crippen molar-refractivity contribution in [3.63, 3.8) is 0 Å². The Bertz CT molecular complexity index is 1290. The van der Waals surface area contributed by atoms with Crippen molar-refractivity contribution in [2.75, 3.05) is 24.7 Å². The van der Waals surface area contributed by atoms with Crippen LogP contribution in [0.4, 0.5) is 5.00 Å². The Morgan fingerprint density at radius 2 is 1.91 bits per heavy atom. The highest BCUT2D eigenvalue weighted by Crippen LogP contribution is 2.37. The number of methoxy groups -OCH3 is 1. The summed E-state index contributed by atoms with van der Waals surface area (Å²) in [5.74, 6) is -0.836. The molecule has 1 aliphatic rings. The van der Waals surface area contributed by atoms with Gasteiger partial charge in [0, 0.05) is 24.5 Å². The number of nitrogens with one attached hydrogen (secondary N) is 1. The van der Waals surface area contributed by atoms with E-state index in [0.29, 0.717) is 29.3 Å². The lowest BCUT2D eigenvalue weighted by atomic mass is 10.0. The van der Waals surface area contributed by atoms with Crippen LogP contribution in [0.15, 0.2) is 59.5 Å². The van der Waals surface area contributed by atoms with Gasteiger partial charge in [-0.2, -0.15) is 5.26 Å². The molecular formula is C24H23N3O4S2. The first kappa shape index (κ1) is 23.0. The molecule has 170 valence electrons. The average Bonchev–Trinajstić information content (AvgIpc) is 3.15. The second kappa shape index (κ2) is 9.75. The average molecular weight is 482 g/mol. The minimum Gasteiger partial charge on any atom is -0.497 e. The molecule has 2 aromatic carbocycles. The normalized spacial score (nSPS) is 13.7. The number of sulfone groups is 1. The van der Waals surface area contributed by atoms with Crippen molar-refractivity contribution in [2.45, 2.75) is 24.4 Å². The number of fused-ring (bicyclic) bond motifs is 1. The zero-order chi connectivity index (χ0) is 23.4. The van der Waals surface area contributed by atoms with E-state index in [-0.39, 0.29) is 4.90 Å². The smallest absolute Gasteiger partial charge is 0.240 e. The van der Waals surface area contributed by atoms with E-state index in [1.807, 2.05) is 18.2 Å². The lowest BCUT2D eigenvalue weighted by Crippen LogP contribution is -2.29. The Kier molecular flexibility index (Phi) is 6.79. The van der Waals surface area contributed by atoms with Crippen LogP contribution in [0.1, 0.15) is 21.6 Å². The largest absolute Gasteiger partial charge is 0.497 e. The third kappa shape index (κ3) is 5.25. The maximum atomic E-state index is 12.6. The van der Waals surface area contributed by atoms with Crippen LogP contribution in [0.3, 0.4) is 0 Å². The van der Waals surface area contributed by atoms with Gasteiger partial charge in [0.25, 0.3) is 0 Å². The molecule has 3 aromatic rings. The number of amides is 1. The van der Waals surface area contributed by atoms with Gasteiger partial charge in [-0.05, 0) is 41.8 Å². The molecule has 1 aliphatic heterocycles. The van der Waals surface area contributed by atoms with Gasteiger partial charge in [0.1, 0.15) is 22.6 Å². The first-order chi connectivity index (χ1) is 15.9. The highest BCUT2D eigenvalue weighted by Gasteiger charge is 2.27. The molecule has 0 spiro atoms. The second-order valence-electron chi connectivity index (χ2n) is 7.75. The Balaban J connectivity index is 1.46. The Morgan fingerprint density at radius 1 is 1.18 bits per heavy atom. The van der Waals surface area contributed by atoms with Crippen molar-refractivity contribution in [1.29, 1.82) is 5.26 Å². The molecule has 0 saturated carbocycles. The molecule has 1 N–H and O–H groups in total. The summed E-state index contributed by atoms with van der Waals surface area (Å²) >= 11 is 1.35. The highest BCUT2D eigenvalue weighted by molar-refractivity contribution is 7.92. The van der Waals surface area contributed by atoms with E-state index in [1.165, 1.54) is 48.3 Å². The van der Waals surface area contributed by atoms with Crippen molar-refractivity contribution in [3.8, 4) is 11.8 Å². The van der Waals surface area contributed by atoms with Crippen molar-refractivity contribution < 1.29 is 17.9 Å². The monoisotopic (exact) mass is 481 g/mol. The molecule has 33 heavy (non-hydrogen) atoms. The van der Waals surface area contributed by atoms with Crippen LogP contribution in [-0.2, 0) is 34.1 Å². The Morgan fingerprint density at radius 3 is 2.58 bits per heavy atom. The summed E-state index contributed by atoms with van der Waals surface area (Å²) in [4.78, 5) is 16.0. The summed E-state index contributed by atoms with van der Waals surface area (Å²) in [5.41, 5.74) is 2.60. The number of thiophene rings is 1. The SMILES string of the molecule is COc1ccc(S(=O)(=O)CC(=O)Nc2sc3c(c2C#N)CCN(Cc2ccccc2)C3)cc1. The number of nitriles is 1. The molecule has 2 heterocycles. The number of nitrogens with zero attached hydrogens (tertiary/aromatic N) is 2. The predicted molar refractivity (Wildman–Crippen MR) is 127 cm³/mol. The fraction of sp³-hybridized carbons (Fsp3) is 0.250. The molecule has 1 aromatic heterocycles. The Hall–Kier alpha value is -3.19. The molecule has 0 bridgehead atoms. The van der Waals surface area contributed by atoms with E-state index >= 15 is 0 Å². The zero-order valence-electron chi connectivity index (χ0n) is 18.1. The van der Waals surface area contributed by atoms with Crippen LogP contribution < -0.4 is 10.1 Å². The summed E-state index contributed by atoms with van der Waals surface area (Å²) in [6, 6.07) is 18.3. The van der Waals surface area contributed by atoms with Gasteiger partial charge in [-0.25, -0.2) is 8.42 Å². The highest BCUT2D eigenvalue weighted by atomic mass is 32.2. The molecule has 0 aliphatic carbocycles. The van der Waals surface area contributed by atoms with Crippen LogP contribution in [-0.4, -0.2) is 38.6 Å². The fourth-order valence-corrected chi connectivity index (χ4v) is 6.23. The van der Waals surface area contributed by atoms with E-state index < -0.39 is 21.5 Å². The number of ether oxygens (including phenoxy) is 1. The maximum Gasteiger partial charge on any atom is 0.240 e. The predicted octanol–water partition coefficient (Wildman–Crippen LogP) is 3.60. The third-order valence-electron chi connectivity index (χ3n) is 5.49. The van der Waals surface area contributed by atoms with Crippen molar-refractivity contribution in [3.05, 3.63) is 76.2 Å². The lowest BCUT2D eigenvalue weighted by Gasteiger charge is -2.26. The Labute approximate surface area is 197 Å². The first-order valence-corrected chi connectivity index (χ1v) is 12.8. The number of carbonyl (C=O) groups is 1. The van der Waals surface area contributed by atoms with Gasteiger partial charge >= 0.3 is 0 Å². The van der Waals surface area contributed by atoms with Gasteiger partial charge in [-0.15, -0.1) is 11.3 Å². The number of rotatable bonds is 7. The van der Waals surface area contributed by atoms with E-state index in [1.54, 1.807) is 0 Å². The molecule has 0 unspecified atom stereocenters. The fourth-order valence-electron chi connectivity index (χ4n) is 3.84. The third-order valence-corrected chi connectivity index (χ3v) is 8.25. The van der Waals surface area contributed by atoms with Crippen LogP contribution in [0.25, 0.3) is 0 Å². The summed E-state index contributed by atoms with van der Waals surface area (Å²) < 4.78 is 30.3. The summed E-state index contributed by atoms with van der Waals surface area (Å²) in [6.07, 6.45) is 0.710. The number of hydrogen-bond acceptors (Lipinski definition) is 7. The summed E-state index contributed by atoms with van der Waals surface area (Å²) in [5, 5.41) is 12.8. The van der Waals surface area contributed by atoms with Crippen molar-refractivity contribution in [2.24, 2.45) is 0 Å². The van der Waals surface area contributed by atoms with E-state index in [0.717, 1.165) is 23.5 Å². The van der Waals surface area contributed by atoms with E-state index in [2.05, 4.69) is 28.4 Å². The molecule has 7 nitrogen and oxygen atoms in total. The van der Waals surface area contributed by atoms with Gasteiger partial charge in [0.2, 0.25) is 5.91 Å². The first-order valence-electron chi connectivity index (χ1n) is 10.4. The van der Waals surface area contributed by atoms with Gasteiger partial charge in [-0.3, -0.25) is 9.69 Å². The van der Waals surface area contributed by atoms with Gasteiger partial charge in [0.05, 0.1) is 17.6 Å². The van der Waals surface area contributed by atoms with Gasteiger partial charge < -0.3 is 10.1 Å². The minimum absolute atomic E-state index is 0.0426. The van der Waals surface area contributed by atoms with Crippen LogP contribution >= 0.6 is 11.3 Å². The second-order valence-corrected chi connectivity index (χ2v) is 10.8. The molecular weight excluding hydrogens is 458 g/mol. The summed E-state index contributed by atoms with van der Waals surface area (Å²) in [7, 11) is -2.33. The standard InChI is InChI=1S/C24H23N3O4S2/c1-31-18-7-9-19(10-8-18)33(29,30)16-23(28)26-24-21(13-25)20-11-12-27(15-22(20)32-24)14-17-5-3-2-4-6-17/h2-10H,11-12,14-16H2,1H3,(H,26,28). The number of benzene rings is 2. The van der Waals surface area contributed by atoms with Crippen molar-refractivity contribution >= 4 is 32.1 Å². The van der Waals surface area contributed by atoms with Crippen molar-refractivity contribution in [1.82, 2.24) is 4.90 Å².